The third-order valence-electron chi connectivity index (χ3n) is 10.3. The summed E-state index contributed by atoms with van der Waals surface area (Å²) in [7, 11) is 0. The van der Waals surface area contributed by atoms with Crippen LogP contribution in [0.1, 0.15) is 29.2 Å². The van der Waals surface area contributed by atoms with Crippen LogP contribution in [0.4, 0.5) is 17.1 Å². The van der Waals surface area contributed by atoms with Gasteiger partial charge in [-0.05, 0) is 106 Å². The number of nitrogens with zero attached hydrogens (tertiary/aromatic N) is 1. The third-order valence-corrected chi connectivity index (χ3v) is 11.0. The van der Waals surface area contributed by atoms with Gasteiger partial charge in [0, 0.05) is 21.5 Å². The fraction of sp³-hybridized carbons (Fsp3) is 0.0588. The van der Waals surface area contributed by atoms with E-state index in [9.17, 15) is 0 Å². The molecule has 256 valence electrons. The number of hydrogen-bond donors (Lipinski definition) is 0. The van der Waals surface area contributed by atoms with Gasteiger partial charge in [0.1, 0.15) is 0 Å². The van der Waals surface area contributed by atoms with Crippen LogP contribution in [0.5, 0.6) is 0 Å². The Bertz CT molecular complexity index is 2370. The smallest absolute Gasteiger partial charge is 0.0701 e. The molecular weight excluding hydrogens is 706 g/mol. The molecule has 0 radical (unpaired) electrons. The van der Waals surface area contributed by atoms with Crippen molar-refractivity contribution in [3.63, 3.8) is 0 Å². The summed E-state index contributed by atoms with van der Waals surface area (Å²) < 4.78 is 1.09. The number of allylic oxidation sites excluding steroid dienone is 6. The summed E-state index contributed by atoms with van der Waals surface area (Å²) >= 11 is 3.76. The maximum atomic E-state index is 3.76. The molecule has 0 heterocycles. The summed E-state index contributed by atoms with van der Waals surface area (Å²) in [5.41, 5.74) is 14.0. The normalized spacial score (nSPS) is 13.5. The van der Waals surface area contributed by atoms with Crippen molar-refractivity contribution in [1.29, 1.82) is 0 Å². The Morgan fingerprint density at radius 1 is 0.528 bits per heavy atom. The van der Waals surface area contributed by atoms with Gasteiger partial charge in [-0.3, -0.25) is 0 Å². The Hall–Kier alpha value is -5.96. The van der Waals surface area contributed by atoms with E-state index in [4.69, 9.17) is 0 Å². The first kappa shape index (κ1) is 34.1. The largest absolute Gasteiger partial charge is 0.310 e. The summed E-state index contributed by atoms with van der Waals surface area (Å²) in [6.45, 7) is 2.06. The van der Waals surface area contributed by atoms with Crippen LogP contribution < -0.4 is 4.90 Å². The lowest BCUT2D eigenvalue weighted by atomic mass is 9.61. The Morgan fingerprint density at radius 2 is 1.06 bits per heavy atom. The van der Waals surface area contributed by atoms with Gasteiger partial charge in [-0.15, -0.1) is 0 Å². The van der Waals surface area contributed by atoms with Gasteiger partial charge in [-0.25, -0.2) is 0 Å². The van der Waals surface area contributed by atoms with Crippen LogP contribution in [0.3, 0.4) is 0 Å². The number of anilines is 3. The average Bonchev–Trinajstić information content (AvgIpc) is 3.23. The highest BCUT2D eigenvalue weighted by Gasteiger charge is 2.42. The topological polar surface area (TPSA) is 3.24 Å². The fourth-order valence-electron chi connectivity index (χ4n) is 7.80. The summed E-state index contributed by atoms with van der Waals surface area (Å²) in [4.78, 5) is 2.39. The number of fused-ring (bicyclic) bond motifs is 1. The van der Waals surface area contributed by atoms with Crippen LogP contribution in [-0.4, -0.2) is 0 Å². The standard InChI is InChI=1S/C51H40BrN/c1-2-3-7-18-44-30-25-41-37-47(35-36-49(41)51(44,42-19-10-5-11-20-42)43-21-12-6-13-22-43)53(45-31-26-39(27-32-45)38-16-8-4-9-17-38)46-33-28-40(29-34-46)48-23-14-15-24-50(48)52/h2-24,26-37H,25H2,1H3/b3-2-,18-7-. The minimum Gasteiger partial charge on any atom is -0.310 e. The first-order valence-corrected chi connectivity index (χ1v) is 19.0. The van der Waals surface area contributed by atoms with Crippen molar-refractivity contribution in [3.8, 4) is 22.3 Å². The minimum absolute atomic E-state index is 0.473. The first-order valence-electron chi connectivity index (χ1n) is 18.2. The highest BCUT2D eigenvalue weighted by atomic mass is 79.9. The quantitative estimate of drug-likeness (QED) is 0.133. The van der Waals surface area contributed by atoms with E-state index in [0.29, 0.717) is 0 Å². The molecule has 0 saturated heterocycles. The molecule has 0 aromatic heterocycles. The molecule has 2 heteroatoms. The molecule has 0 aliphatic heterocycles. The first-order chi connectivity index (χ1) is 26.2. The van der Waals surface area contributed by atoms with Crippen molar-refractivity contribution in [2.45, 2.75) is 18.8 Å². The average molecular weight is 747 g/mol. The van der Waals surface area contributed by atoms with Crippen LogP contribution in [0, 0.1) is 0 Å². The molecule has 0 bridgehead atoms. The Kier molecular flexibility index (Phi) is 9.88. The van der Waals surface area contributed by atoms with Crippen molar-refractivity contribution in [3.05, 3.63) is 245 Å². The molecule has 0 fully saturated rings. The van der Waals surface area contributed by atoms with Crippen LogP contribution in [0.25, 0.3) is 22.3 Å². The van der Waals surface area contributed by atoms with Crippen LogP contribution in [0.2, 0.25) is 0 Å². The number of halogens is 1. The predicted molar refractivity (Wildman–Crippen MR) is 228 cm³/mol. The molecule has 0 unspecified atom stereocenters. The second-order valence-electron chi connectivity index (χ2n) is 13.3. The Labute approximate surface area is 322 Å². The second-order valence-corrected chi connectivity index (χ2v) is 14.2. The van der Waals surface area contributed by atoms with Crippen LogP contribution >= 0.6 is 15.9 Å². The Balaban J connectivity index is 1.29. The van der Waals surface area contributed by atoms with Gasteiger partial charge in [0.2, 0.25) is 0 Å². The van der Waals surface area contributed by atoms with E-state index in [-0.39, 0.29) is 0 Å². The number of benzene rings is 7. The van der Waals surface area contributed by atoms with Gasteiger partial charge < -0.3 is 4.90 Å². The molecular formula is C51H40BrN. The zero-order valence-corrected chi connectivity index (χ0v) is 31.3. The maximum Gasteiger partial charge on any atom is 0.0701 e. The second kappa shape index (κ2) is 15.3. The monoisotopic (exact) mass is 745 g/mol. The van der Waals surface area contributed by atoms with E-state index in [1.165, 1.54) is 50.1 Å². The van der Waals surface area contributed by atoms with E-state index < -0.39 is 5.41 Å². The molecule has 1 nitrogen and oxygen atoms in total. The zero-order chi connectivity index (χ0) is 36.0. The fourth-order valence-corrected chi connectivity index (χ4v) is 8.31. The lowest BCUT2D eigenvalue weighted by Crippen LogP contribution is -2.34. The zero-order valence-electron chi connectivity index (χ0n) is 29.7. The summed E-state index contributed by atoms with van der Waals surface area (Å²) in [5, 5.41) is 0. The summed E-state index contributed by atoms with van der Waals surface area (Å²) in [6, 6.07) is 65.9. The highest BCUT2D eigenvalue weighted by Crippen LogP contribution is 2.51. The van der Waals surface area contributed by atoms with Gasteiger partial charge in [-0.2, -0.15) is 0 Å². The van der Waals surface area contributed by atoms with Crippen molar-refractivity contribution >= 4 is 33.0 Å². The lowest BCUT2D eigenvalue weighted by molar-refractivity contribution is 0.714. The van der Waals surface area contributed by atoms with E-state index in [2.05, 4.69) is 240 Å². The third kappa shape index (κ3) is 6.63. The van der Waals surface area contributed by atoms with Crippen molar-refractivity contribution in [2.24, 2.45) is 0 Å². The van der Waals surface area contributed by atoms with E-state index >= 15 is 0 Å². The number of rotatable bonds is 9. The van der Waals surface area contributed by atoms with Crippen molar-refractivity contribution < 1.29 is 0 Å². The number of hydrogen-bond acceptors (Lipinski definition) is 1. The van der Waals surface area contributed by atoms with Crippen LogP contribution in [-0.2, 0) is 11.8 Å². The summed E-state index contributed by atoms with van der Waals surface area (Å²) in [6.07, 6.45) is 11.9. The van der Waals surface area contributed by atoms with Gasteiger partial charge in [0.05, 0.1) is 5.41 Å². The van der Waals surface area contributed by atoms with Gasteiger partial charge in [0.25, 0.3) is 0 Å². The van der Waals surface area contributed by atoms with Gasteiger partial charge in [0.15, 0.2) is 0 Å². The van der Waals surface area contributed by atoms with E-state index in [1.54, 1.807) is 0 Å². The highest BCUT2D eigenvalue weighted by molar-refractivity contribution is 9.10. The molecule has 0 saturated carbocycles. The molecule has 8 rings (SSSR count). The lowest BCUT2D eigenvalue weighted by Gasteiger charge is -2.41. The molecule has 0 amide bonds. The molecule has 1 aliphatic carbocycles. The molecule has 0 N–H and O–H groups in total. The molecule has 53 heavy (non-hydrogen) atoms. The van der Waals surface area contributed by atoms with Gasteiger partial charge >= 0.3 is 0 Å². The SMILES string of the molecule is C/C=C\C=C/C1=CCc2cc(N(c3ccc(-c4ccccc4)cc3)c3ccc(-c4ccccc4Br)cc3)ccc2C1(c1ccccc1)c1ccccc1. The predicted octanol–water partition coefficient (Wildman–Crippen LogP) is 14.2. The van der Waals surface area contributed by atoms with Crippen molar-refractivity contribution in [1.82, 2.24) is 0 Å². The van der Waals surface area contributed by atoms with Crippen LogP contribution in [0.15, 0.2) is 222 Å². The van der Waals surface area contributed by atoms with Gasteiger partial charge in [-0.1, -0.05) is 186 Å². The van der Waals surface area contributed by atoms with E-state index in [0.717, 1.165) is 28.0 Å². The summed E-state index contributed by atoms with van der Waals surface area (Å²) in [5.74, 6) is 0. The molecule has 0 atom stereocenters. The van der Waals surface area contributed by atoms with E-state index in [1.807, 2.05) is 0 Å². The molecule has 7 aromatic carbocycles. The molecule has 7 aromatic rings. The maximum absolute atomic E-state index is 3.76. The molecule has 1 aliphatic rings. The Morgan fingerprint density at radius 3 is 1.66 bits per heavy atom. The molecule has 0 spiro atoms. The minimum atomic E-state index is -0.473. The van der Waals surface area contributed by atoms with Crippen molar-refractivity contribution in [2.75, 3.05) is 4.90 Å².